The number of halogens is 1. The zero-order chi connectivity index (χ0) is 18.4. The van der Waals surface area contributed by atoms with E-state index in [-0.39, 0.29) is 5.91 Å². The molecule has 1 saturated heterocycles. The third kappa shape index (κ3) is 5.33. The van der Waals surface area contributed by atoms with Crippen LogP contribution in [0.4, 0.5) is 0 Å². The monoisotopic (exact) mass is 370 g/mol. The van der Waals surface area contributed by atoms with E-state index in [1.165, 1.54) is 5.56 Å². The van der Waals surface area contributed by atoms with Crippen molar-refractivity contribution in [2.24, 2.45) is 0 Å². The molecule has 4 heteroatoms. The minimum atomic E-state index is 0.254. The van der Waals surface area contributed by atoms with Gasteiger partial charge in [-0.1, -0.05) is 54.1 Å². The van der Waals surface area contributed by atoms with Crippen molar-refractivity contribution in [1.82, 2.24) is 9.80 Å². The molecule has 0 N–H and O–H groups in total. The zero-order valence-corrected chi connectivity index (χ0v) is 16.2. The average Bonchev–Trinajstić information content (AvgIpc) is 2.83. The topological polar surface area (TPSA) is 23.6 Å². The summed E-state index contributed by atoms with van der Waals surface area (Å²) in [7, 11) is 2.19. The standard InChI is InChI=1S/C22H27ClN2O/c1-24(14-12-18-6-3-2-4-7-18)21-10-11-22(26)25(15-13-21)17-19-8-5-9-20(23)16-19/h2-9,16,21H,10-15,17H2,1H3. The third-order valence-electron chi connectivity index (χ3n) is 5.26. The summed E-state index contributed by atoms with van der Waals surface area (Å²) in [4.78, 5) is 16.9. The Hall–Kier alpha value is -1.84. The smallest absolute Gasteiger partial charge is 0.222 e. The number of rotatable bonds is 6. The van der Waals surface area contributed by atoms with Crippen LogP contribution in [-0.2, 0) is 17.8 Å². The molecule has 1 heterocycles. The highest BCUT2D eigenvalue weighted by atomic mass is 35.5. The number of nitrogens with zero attached hydrogens (tertiary/aromatic N) is 2. The molecule has 26 heavy (non-hydrogen) atoms. The maximum absolute atomic E-state index is 12.5. The molecule has 1 aliphatic heterocycles. The van der Waals surface area contributed by atoms with Crippen LogP contribution in [0.3, 0.4) is 0 Å². The van der Waals surface area contributed by atoms with Crippen LogP contribution in [0.25, 0.3) is 0 Å². The van der Waals surface area contributed by atoms with E-state index in [1.54, 1.807) is 0 Å². The van der Waals surface area contributed by atoms with E-state index in [4.69, 9.17) is 11.6 Å². The first-order chi connectivity index (χ1) is 12.6. The van der Waals surface area contributed by atoms with Crippen LogP contribution in [0.1, 0.15) is 30.4 Å². The van der Waals surface area contributed by atoms with Gasteiger partial charge >= 0.3 is 0 Å². The summed E-state index contributed by atoms with van der Waals surface area (Å²) in [5, 5.41) is 0.725. The maximum atomic E-state index is 12.5. The van der Waals surface area contributed by atoms with Crippen LogP contribution in [-0.4, -0.2) is 41.9 Å². The van der Waals surface area contributed by atoms with E-state index in [9.17, 15) is 4.79 Å². The number of carbonyl (C=O) groups excluding carboxylic acids is 1. The molecule has 0 aromatic heterocycles. The van der Waals surface area contributed by atoms with Crippen molar-refractivity contribution < 1.29 is 4.79 Å². The highest BCUT2D eigenvalue weighted by Crippen LogP contribution is 2.20. The van der Waals surface area contributed by atoms with Gasteiger partial charge in [0.1, 0.15) is 0 Å². The number of carbonyl (C=O) groups is 1. The van der Waals surface area contributed by atoms with Crippen LogP contribution in [0.15, 0.2) is 54.6 Å². The normalized spacial score (nSPS) is 18.2. The van der Waals surface area contributed by atoms with Gasteiger partial charge in [-0.15, -0.1) is 0 Å². The first kappa shape index (κ1) is 18.9. The Bertz CT molecular complexity index is 719. The van der Waals surface area contributed by atoms with Gasteiger partial charge in [-0.25, -0.2) is 0 Å². The molecular formula is C22H27ClN2O. The molecule has 0 radical (unpaired) electrons. The van der Waals surface area contributed by atoms with E-state index >= 15 is 0 Å². The lowest BCUT2D eigenvalue weighted by molar-refractivity contribution is -0.131. The van der Waals surface area contributed by atoms with Gasteiger partial charge in [0, 0.05) is 37.1 Å². The lowest BCUT2D eigenvalue weighted by Crippen LogP contribution is -2.34. The summed E-state index contributed by atoms with van der Waals surface area (Å²) in [6.07, 6.45) is 3.64. The highest BCUT2D eigenvalue weighted by Gasteiger charge is 2.24. The van der Waals surface area contributed by atoms with Crippen molar-refractivity contribution in [2.75, 3.05) is 20.1 Å². The Morgan fingerprint density at radius 2 is 1.85 bits per heavy atom. The second-order valence-corrected chi connectivity index (χ2v) is 7.58. The molecule has 1 fully saturated rings. The van der Waals surface area contributed by atoms with Gasteiger partial charge in [-0.2, -0.15) is 0 Å². The number of hydrogen-bond donors (Lipinski definition) is 0. The minimum absolute atomic E-state index is 0.254. The number of benzene rings is 2. The fourth-order valence-electron chi connectivity index (χ4n) is 3.62. The van der Waals surface area contributed by atoms with Crippen LogP contribution in [0.5, 0.6) is 0 Å². The van der Waals surface area contributed by atoms with Crippen molar-refractivity contribution >= 4 is 17.5 Å². The third-order valence-corrected chi connectivity index (χ3v) is 5.49. The number of likely N-dealkylation sites (N-methyl/N-ethyl adjacent to an activating group) is 1. The summed E-state index contributed by atoms with van der Waals surface area (Å²) in [5.41, 5.74) is 2.47. The predicted molar refractivity (Wildman–Crippen MR) is 107 cm³/mol. The number of hydrogen-bond acceptors (Lipinski definition) is 2. The minimum Gasteiger partial charge on any atom is -0.338 e. The van der Waals surface area contributed by atoms with Gasteiger partial charge < -0.3 is 9.80 Å². The Balaban J connectivity index is 1.53. The van der Waals surface area contributed by atoms with Gasteiger partial charge in [0.25, 0.3) is 0 Å². The molecular weight excluding hydrogens is 344 g/mol. The Morgan fingerprint density at radius 3 is 2.62 bits per heavy atom. The van der Waals surface area contributed by atoms with Gasteiger partial charge in [-0.3, -0.25) is 4.79 Å². The summed E-state index contributed by atoms with van der Waals surface area (Å²) in [5.74, 6) is 0.254. The van der Waals surface area contributed by atoms with E-state index in [1.807, 2.05) is 29.2 Å². The second-order valence-electron chi connectivity index (χ2n) is 7.14. The molecule has 3 rings (SSSR count). The van der Waals surface area contributed by atoms with Crippen LogP contribution >= 0.6 is 11.6 Å². The van der Waals surface area contributed by atoms with Crippen molar-refractivity contribution in [3.8, 4) is 0 Å². The van der Waals surface area contributed by atoms with Gasteiger partial charge in [0.05, 0.1) is 0 Å². The molecule has 0 bridgehead atoms. The molecule has 2 aromatic rings. The van der Waals surface area contributed by atoms with Crippen molar-refractivity contribution in [2.45, 2.75) is 38.3 Å². The maximum Gasteiger partial charge on any atom is 0.222 e. The molecule has 3 nitrogen and oxygen atoms in total. The Kier molecular flexibility index (Phi) is 6.70. The lowest BCUT2D eigenvalue weighted by Gasteiger charge is -2.27. The van der Waals surface area contributed by atoms with Crippen LogP contribution < -0.4 is 0 Å². The van der Waals surface area contributed by atoms with E-state index in [0.717, 1.165) is 42.9 Å². The van der Waals surface area contributed by atoms with E-state index in [0.29, 0.717) is 19.0 Å². The molecule has 1 unspecified atom stereocenters. The molecule has 0 spiro atoms. The molecule has 0 aliphatic carbocycles. The van der Waals surface area contributed by atoms with Crippen molar-refractivity contribution in [1.29, 1.82) is 0 Å². The first-order valence-electron chi connectivity index (χ1n) is 9.38. The summed E-state index contributed by atoms with van der Waals surface area (Å²) in [6, 6.07) is 18.9. The van der Waals surface area contributed by atoms with E-state index < -0.39 is 0 Å². The number of likely N-dealkylation sites (tertiary alicyclic amines) is 1. The molecule has 1 atom stereocenters. The Morgan fingerprint density at radius 1 is 1.08 bits per heavy atom. The molecule has 1 amide bonds. The van der Waals surface area contributed by atoms with Crippen LogP contribution in [0.2, 0.25) is 5.02 Å². The Labute approximate surface area is 161 Å². The van der Waals surface area contributed by atoms with Gasteiger partial charge in [0.2, 0.25) is 5.91 Å². The summed E-state index contributed by atoms with van der Waals surface area (Å²) < 4.78 is 0. The fourth-order valence-corrected chi connectivity index (χ4v) is 3.83. The van der Waals surface area contributed by atoms with Gasteiger partial charge in [-0.05, 0) is 49.6 Å². The van der Waals surface area contributed by atoms with Crippen LogP contribution in [0, 0.1) is 0 Å². The summed E-state index contributed by atoms with van der Waals surface area (Å²) in [6.45, 7) is 2.49. The summed E-state index contributed by atoms with van der Waals surface area (Å²) >= 11 is 6.07. The molecule has 138 valence electrons. The number of amides is 1. The lowest BCUT2D eigenvalue weighted by atomic mass is 10.1. The second kappa shape index (κ2) is 9.20. The zero-order valence-electron chi connectivity index (χ0n) is 15.4. The SMILES string of the molecule is CN(CCc1ccccc1)C1CCC(=O)N(Cc2cccc(Cl)c2)CC1. The van der Waals surface area contributed by atoms with Crippen molar-refractivity contribution in [3.05, 3.63) is 70.7 Å². The molecule has 0 saturated carbocycles. The quantitative estimate of drug-likeness (QED) is 0.752. The largest absolute Gasteiger partial charge is 0.338 e. The van der Waals surface area contributed by atoms with E-state index in [2.05, 4.69) is 42.3 Å². The molecule has 2 aromatic carbocycles. The predicted octanol–water partition coefficient (Wildman–Crippen LogP) is 4.40. The first-order valence-corrected chi connectivity index (χ1v) is 9.76. The highest BCUT2D eigenvalue weighted by molar-refractivity contribution is 6.30. The van der Waals surface area contributed by atoms with Gasteiger partial charge in [0.15, 0.2) is 0 Å². The average molecular weight is 371 g/mol. The van der Waals surface area contributed by atoms with Crippen molar-refractivity contribution in [3.63, 3.8) is 0 Å². The molecule has 1 aliphatic rings. The fraction of sp³-hybridized carbons (Fsp3) is 0.409.